The van der Waals surface area contributed by atoms with E-state index in [1.165, 1.54) is 16.0 Å². The van der Waals surface area contributed by atoms with Gasteiger partial charge in [0.1, 0.15) is 0 Å². The zero-order valence-corrected chi connectivity index (χ0v) is 12.3. The van der Waals surface area contributed by atoms with Crippen molar-refractivity contribution in [1.29, 1.82) is 0 Å². The lowest BCUT2D eigenvalue weighted by Crippen LogP contribution is -2.53. The van der Waals surface area contributed by atoms with Crippen molar-refractivity contribution in [3.05, 3.63) is 24.5 Å². The van der Waals surface area contributed by atoms with E-state index in [9.17, 15) is 14.4 Å². The Morgan fingerprint density at radius 1 is 1.23 bits per heavy atom. The summed E-state index contributed by atoms with van der Waals surface area (Å²) in [5, 5.41) is 2.50. The molecule has 0 atom stereocenters. The Morgan fingerprint density at radius 2 is 1.91 bits per heavy atom. The third-order valence-corrected chi connectivity index (χ3v) is 3.21. The van der Waals surface area contributed by atoms with Crippen LogP contribution < -0.4 is 5.32 Å². The monoisotopic (exact) mass is 306 g/mol. The molecule has 1 aliphatic rings. The fourth-order valence-corrected chi connectivity index (χ4v) is 2.07. The third-order valence-electron chi connectivity index (χ3n) is 3.21. The van der Waals surface area contributed by atoms with E-state index < -0.39 is 17.9 Å². The summed E-state index contributed by atoms with van der Waals surface area (Å²) in [5.41, 5.74) is 0.464. The first-order chi connectivity index (χ1) is 10.6. The molecule has 1 saturated heterocycles. The molecular weight excluding hydrogens is 288 g/mol. The Morgan fingerprint density at radius 3 is 2.50 bits per heavy atom. The van der Waals surface area contributed by atoms with Crippen molar-refractivity contribution >= 4 is 23.6 Å². The maximum Gasteiger partial charge on any atom is 0.409 e. The fourth-order valence-electron chi connectivity index (χ4n) is 2.07. The summed E-state index contributed by atoms with van der Waals surface area (Å²) < 4.78 is 4.90. The Labute approximate surface area is 128 Å². The summed E-state index contributed by atoms with van der Waals surface area (Å²) in [7, 11) is 0. The normalized spacial score (nSPS) is 14.4. The van der Waals surface area contributed by atoms with Crippen molar-refractivity contribution in [3.63, 3.8) is 0 Å². The molecule has 1 fully saturated rings. The Hall–Kier alpha value is -2.64. The maximum absolute atomic E-state index is 12.1. The number of carbonyl (C=O) groups excluding carboxylic acids is 3. The van der Waals surface area contributed by atoms with Crippen molar-refractivity contribution in [2.24, 2.45) is 0 Å². The predicted molar refractivity (Wildman–Crippen MR) is 78.0 cm³/mol. The van der Waals surface area contributed by atoms with Gasteiger partial charge in [-0.1, -0.05) is 0 Å². The lowest BCUT2D eigenvalue weighted by molar-refractivity contribution is -0.144. The van der Waals surface area contributed by atoms with Crippen LogP contribution in [0.4, 0.5) is 10.5 Å². The van der Waals surface area contributed by atoms with Gasteiger partial charge in [0.2, 0.25) is 0 Å². The van der Waals surface area contributed by atoms with Crippen LogP contribution in [0, 0.1) is 0 Å². The molecule has 8 nitrogen and oxygen atoms in total. The van der Waals surface area contributed by atoms with Gasteiger partial charge < -0.3 is 19.9 Å². The van der Waals surface area contributed by atoms with Gasteiger partial charge in [0, 0.05) is 32.4 Å². The fraction of sp³-hybridized carbons (Fsp3) is 0.429. The third kappa shape index (κ3) is 3.94. The molecule has 0 aromatic carbocycles. The van der Waals surface area contributed by atoms with E-state index in [0.717, 1.165) is 0 Å². The number of nitrogens with one attached hydrogen (secondary N) is 1. The van der Waals surface area contributed by atoms with E-state index in [1.807, 2.05) is 0 Å². The van der Waals surface area contributed by atoms with Crippen LogP contribution >= 0.6 is 0 Å². The van der Waals surface area contributed by atoms with Crippen LogP contribution in [0.15, 0.2) is 24.5 Å². The lowest BCUT2D eigenvalue weighted by Gasteiger charge is -2.33. The zero-order chi connectivity index (χ0) is 15.9. The Bertz CT molecular complexity index is 541. The molecule has 1 N–H and O–H groups in total. The second-order valence-corrected chi connectivity index (χ2v) is 4.67. The van der Waals surface area contributed by atoms with Crippen molar-refractivity contribution in [2.45, 2.75) is 6.92 Å². The Kier molecular flexibility index (Phi) is 5.29. The molecule has 0 aliphatic carbocycles. The van der Waals surface area contributed by atoms with Crippen molar-refractivity contribution in [2.75, 3.05) is 38.1 Å². The quantitative estimate of drug-likeness (QED) is 0.795. The number of hydrogen-bond donors (Lipinski definition) is 1. The van der Waals surface area contributed by atoms with Crippen LogP contribution in [-0.4, -0.2) is 65.5 Å². The van der Waals surface area contributed by atoms with E-state index in [4.69, 9.17) is 4.74 Å². The molecule has 8 heteroatoms. The highest BCUT2D eigenvalue weighted by Gasteiger charge is 2.28. The molecule has 1 aromatic heterocycles. The smallest absolute Gasteiger partial charge is 0.409 e. The van der Waals surface area contributed by atoms with E-state index >= 15 is 0 Å². The summed E-state index contributed by atoms with van der Waals surface area (Å²) >= 11 is 0. The van der Waals surface area contributed by atoms with Crippen LogP contribution in [-0.2, 0) is 14.3 Å². The van der Waals surface area contributed by atoms with Gasteiger partial charge in [-0.25, -0.2) is 4.79 Å². The number of piperazine rings is 1. The second-order valence-electron chi connectivity index (χ2n) is 4.67. The van der Waals surface area contributed by atoms with Crippen LogP contribution in [0.2, 0.25) is 0 Å². The Balaban J connectivity index is 1.84. The number of pyridine rings is 1. The SMILES string of the molecule is CCOC(=O)N1CCN(C(=O)C(=O)Nc2cccnc2)CC1. The number of nitrogens with zero attached hydrogens (tertiary/aromatic N) is 3. The van der Waals surface area contributed by atoms with Crippen LogP contribution in [0.5, 0.6) is 0 Å². The molecule has 0 unspecified atom stereocenters. The first-order valence-electron chi connectivity index (χ1n) is 7.03. The molecule has 0 saturated carbocycles. The van der Waals surface area contributed by atoms with Gasteiger partial charge in [-0.2, -0.15) is 0 Å². The molecule has 0 bridgehead atoms. The van der Waals surface area contributed by atoms with Gasteiger partial charge in [0.05, 0.1) is 18.5 Å². The molecule has 2 heterocycles. The second kappa shape index (κ2) is 7.39. The first-order valence-corrected chi connectivity index (χ1v) is 7.03. The topological polar surface area (TPSA) is 91.8 Å². The summed E-state index contributed by atoms with van der Waals surface area (Å²) in [5.74, 6) is -1.33. The number of ether oxygens (including phenoxy) is 1. The first kappa shape index (κ1) is 15.7. The van der Waals surface area contributed by atoms with Gasteiger partial charge in [-0.15, -0.1) is 0 Å². The minimum Gasteiger partial charge on any atom is -0.450 e. The zero-order valence-electron chi connectivity index (χ0n) is 12.3. The highest BCUT2D eigenvalue weighted by atomic mass is 16.6. The highest BCUT2D eigenvalue weighted by Crippen LogP contribution is 2.07. The number of hydrogen-bond acceptors (Lipinski definition) is 5. The van der Waals surface area contributed by atoms with Crippen molar-refractivity contribution in [1.82, 2.24) is 14.8 Å². The van der Waals surface area contributed by atoms with Crippen LogP contribution in [0.25, 0.3) is 0 Å². The van der Waals surface area contributed by atoms with Gasteiger partial charge in [-0.05, 0) is 19.1 Å². The number of amides is 3. The summed E-state index contributed by atoms with van der Waals surface area (Å²) in [6.07, 6.45) is 2.64. The molecule has 1 aliphatic heterocycles. The van der Waals surface area contributed by atoms with Gasteiger partial charge in [-0.3, -0.25) is 14.6 Å². The van der Waals surface area contributed by atoms with E-state index in [2.05, 4.69) is 10.3 Å². The minimum absolute atomic E-state index is 0.304. The lowest BCUT2D eigenvalue weighted by atomic mass is 10.3. The van der Waals surface area contributed by atoms with E-state index in [1.54, 1.807) is 25.3 Å². The maximum atomic E-state index is 12.1. The van der Waals surface area contributed by atoms with Gasteiger partial charge in [0.25, 0.3) is 0 Å². The molecule has 118 valence electrons. The predicted octanol–water partition coefficient (Wildman–Crippen LogP) is 0.321. The average Bonchev–Trinajstić information content (AvgIpc) is 2.55. The number of rotatable bonds is 2. The summed E-state index contributed by atoms with van der Waals surface area (Å²) in [4.78, 5) is 42.3. The van der Waals surface area contributed by atoms with Crippen molar-refractivity contribution < 1.29 is 19.1 Å². The van der Waals surface area contributed by atoms with Gasteiger partial charge in [0.15, 0.2) is 0 Å². The van der Waals surface area contributed by atoms with Crippen LogP contribution in [0.1, 0.15) is 6.92 Å². The number of carbonyl (C=O) groups is 3. The summed E-state index contributed by atoms with van der Waals surface area (Å²) in [6.45, 7) is 3.36. The largest absolute Gasteiger partial charge is 0.450 e. The standard InChI is InChI=1S/C14H18N4O4/c1-2-22-14(21)18-8-6-17(7-9-18)13(20)12(19)16-11-4-3-5-15-10-11/h3-5,10H,2,6-9H2,1H3,(H,16,19). The molecule has 1 aromatic rings. The molecule has 3 amide bonds. The molecule has 0 radical (unpaired) electrons. The number of anilines is 1. The summed E-state index contributed by atoms with van der Waals surface area (Å²) in [6, 6.07) is 3.31. The molecule has 2 rings (SSSR count). The van der Waals surface area contributed by atoms with Gasteiger partial charge >= 0.3 is 17.9 Å². The molecule has 0 spiro atoms. The van der Waals surface area contributed by atoms with Crippen molar-refractivity contribution in [3.8, 4) is 0 Å². The van der Waals surface area contributed by atoms with Crippen LogP contribution in [0.3, 0.4) is 0 Å². The molecule has 22 heavy (non-hydrogen) atoms. The molecular formula is C14H18N4O4. The minimum atomic E-state index is -0.711. The number of aromatic nitrogens is 1. The average molecular weight is 306 g/mol. The van der Waals surface area contributed by atoms with E-state index in [0.29, 0.717) is 38.5 Å². The van der Waals surface area contributed by atoms with E-state index in [-0.39, 0.29) is 0 Å². The highest BCUT2D eigenvalue weighted by molar-refractivity contribution is 6.39.